The molecule has 1 aliphatic carbocycles. The summed E-state index contributed by atoms with van der Waals surface area (Å²) in [6, 6.07) is 9.63. The van der Waals surface area contributed by atoms with Gasteiger partial charge in [-0.3, -0.25) is 9.59 Å². The Labute approximate surface area is 125 Å². The maximum Gasteiger partial charge on any atom is 0.324 e. The lowest BCUT2D eigenvalue weighted by Crippen LogP contribution is -2.30. The van der Waals surface area contributed by atoms with Crippen molar-refractivity contribution in [3.63, 3.8) is 0 Å². The summed E-state index contributed by atoms with van der Waals surface area (Å²) in [7, 11) is 0. The molecule has 1 saturated heterocycles. The Kier molecular flexibility index (Phi) is 4.35. The molecule has 2 aliphatic rings. The second-order valence-corrected chi connectivity index (χ2v) is 5.42. The Morgan fingerprint density at radius 3 is 2.48 bits per heavy atom. The first-order valence-electron chi connectivity index (χ1n) is 7.51. The first kappa shape index (κ1) is 15.5. The fraction of sp³-hybridized carbons (Fsp3) is 0.529. The van der Waals surface area contributed by atoms with Crippen LogP contribution in [-0.2, 0) is 19.1 Å². The van der Waals surface area contributed by atoms with Gasteiger partial charge in [-0.1, -0.05) is 44.2 Å². The van der Waals surface area contributed by atoms with Crippen molar-refractivity contribution in [2.45, 2.75) is 39.7 Å². The van der Waals surface area contributed by atoms with Gasteiger partial charge in [0, 0.05) is 11.8 Å². The lowest BCUT2D eigenvalue weighted by atomic mass is 9.99. The first-order chi connectivity index (χ1) is 10.1. The van der Waals surface area contributed by atoms with E-state index >= 15 is 0 Å². The fourth-order valence-corrected chi connectivity index (χ4v) is 3.08. The molecule has 0 amide bonds. The van der Waals surface area contributed by atoms with E-state index in [1.807, 2.05) is 44.2 Å². The summed E-state index contributed by atoms with van der Waals surface area (Å²) in [4.78, 5) is 24.3. The SMILES string of the molecule is CC.CC(C)OC(=O)C12C(=O)OCC1C2c1ccccc1. The summed E-state index contributed by atoms with van der Waals surface area (Å²) >= 11 is 0. The van der Waals surface area contributed by atoms with Crippen LogP contribution >= 0.6 is 0 Å². The standard InChI is InChI=1S/C15H16O4.C2H6/c1-9(2)19-14(17)15-11(8-18-13(15)16)12(15)10-6-4-3-5-7-10;1-2/h3-7,9,11-12H,8H2,1-2H3;1-2H3. The van der Waals surface area contributed by atoms with E-state index in [4.69, 9.17) is 9.47 Å². The molecule has 114 valence electrons. The van der Waals surface area contributed by atoms with Crippen LogP contribution in [0.15, 0.2) is 30.3 Å². The molecule has 2 fully saturated rings. The highest BCUT2D eigenvalue weighted by Crippen LogP contribution is 2.69. The number of carbonyl (C=O) groups excluding carboxylic acids is 2. The predicted molar refractivity (Wildman–Crippen MR) is 78.6 cm³/mol. The van der Waals surface area contributed by atoms with E-state index in [0.29, 0.717) is 6.61 Å². The van der Waals surface area contributed by atoms with Crippen molar-refractivity contribution in [1.82, 2.24) is 0 Å². The fourth-order valence-electron chi connectivity index (χ4n) is 3.08. The average Bonchev–Trinajstić information content (AvgIpc) is 3.06. The van der Waals surface area contributed by atoms with Crippen molar-refractivity contribution >= 4 is 11.9 Å². The molecule has 1 saturated carbocycles. The van der Waals surface area contributed by atoms with Gasteiger partial charge in [0.15, 0.2) is 5.41 Å². The first-order valence-corrected chi connectivity index (χ1v) is 7.51. The van der Waals surface area contributed by atoms with Crippen molar-refractivity contribution in [3.8, 4) is 0 Å². The smallest absolute Gasteiger partial charge is 0.324 e. The van der Waals surface area contributed by atoms with E-state index in [1.165, 1.54) is 0 Å². The van der Waals surface area contributed by atoms with Crippen LogP contribution in [0, 0.1) is 11.3 Å². The van der Waals surface area contributed by atoms with E-state index in [-0.39, 0.29) is 17.9 Å². The monoisotopic (exact) mass is 290 g/mol. The number of esters is 2. The van der Waals surface area contributed by atoms with Crippen LogP contribution in [0.3, 0.4) is 0 Å². The molecule has 1 aromatic carbocycles. The third kappa shape index (κ3) is 2.33. The van der Waals surface area contributed by atoms with E-state index in [1.54, 1.807) is 13.8 Å². The van der Waals surface area contributed by atoms with E-state index in [2.05, 4.69) is 0 Å². The summed E-state index contributed by atoms with van der Waals surface area (Å²) in [5.41, 5.74) is -0.0871. The molecule has 1 aliphatic heterocycles. The Hall–Kier alpha value is -1.84. The van der Waals surface area contributed by atoms with Crippen LogP contribution in [0.4, 0.5) is 0 Å². The minimum Gasteiger partial charge on any atom is -0.464 e. The number of carbonyl (C=O) groups is 2. The maximum atomic E-state index is 12.3. The number of rotatable bonds is 3. The molecule has 0 aromatic heterocycles. The molecule has 4 nitrogen and oxygen atoms in total. The molecule has 21 heavy (non-hydrogen) atoms. The number of hydrogen-bond acceptors (Lipinski definition) is 4. The summed E-state index contributed by atoms with van der Waals surface area (Å²) in [6.07, 6.45) is -0.229. The minimum atomic E-state index is -1.09. The predicted octanol–water partition coefficient (Wildman–Crippen LogP) is 2.92. The number of hydrogen-bond donors (Lipinski definition) is 0. The highest BCUT2D eigenvalue weighted by atomic mass is 16.6. The average molecular weight is 290 g/mol. The zero-order valence-electron chi connectivity index (χ0n) is 13.0. The molecule has 0 spiro atoms. The lowest BCUT2D eigenvalue weighted by molar-refractivity contribution is -0.163. The van der Waals surface area contributed by atoms with E-state index < -0.39 is 17.4 Å². The van der Waals surface area contributed by atoms with Crippen LogP contribution in [0.2, 0.25) is 0 Å². The quantitative estimate of drug-likeness (QED) is 0.634. The van der Waals surface area contributed by atoms with Crippen LogP contribution in [0.25, 0.3) is 0 Å². The Morgan fingerprint density at radius 1 is 1.29 bits per heavy atom. The number of cyclic esters (lactones) is 1. The molecular formula is C17H22O4. The van der Waals surface area contributed by atoms with Gasteiger partial charge >= 0.3 is 11.9 Å². The third-order valence-corrected chi connectivity index (χ3v) is 3.94. The van der Waals surface area contributed by atoms with Gasteiger partial charge in [-0.05, 0) is 19.4 Å². The molecule has 3 rings (SSSR count). The molecule has 3 atom stereocenters. The zero-order valence-corrected chi connectivity index (χ0v) is 13.0. The van der Waals surface area contributed by atoms with Gasteiger partial charge in [-0.2, -0.15) is 0 Å². The number of benzene rings is 1. The minimum absolute atomic E-state index is 0.0753. The van der Waals surface area contributed by atoms with Gasteiger partial charge in [0.05, 0.1) is 12.7 Å². The Balaban J connectivity index is 0.000000774. The van der Waals surface area contributed by atoms with Crippen molar-refractivity contribution in [2.24, 2.45) is 11.3 Å². The third-order valence-electron chi connectivity index (χ3n) is 3.94. The van der Waals surface area contributed by atoms with E-state index in [0.717, 1.165) is 5.56 Å². The molecule has 1 heterocycles. The van der Waals surface area contributed by atoms with Crippen molar-refractivity contribution in [1.29, 1.82) is 0 Å². The number of fused-ring (bicyclic) bond motifs is 1. The van der Waals surface area contributed by atoms with E-state index in [9.17, 15) is 9.59 Å². The second kappa shape index (κ2) is 5.88. The van der Waals surface area contributed by atoms with Crippen molar-refractivity contribution in [2.75, 3.05) is 6.61 Å². The highest BCUT2D eigenvalue weighted by Gasteiger charge is 2.80. The van der Waals surface area contributed by atoms with Crippen LogP contribution in [0.5, 0.6) is 0 Å². The molecule has 0 radical (unpaired) electrons. The van der Waals surface area contributed by atoms with Crippen LogP contribution in [0.1, 0.15) is 39.2 Å². The lowest BCUT2D eigenvalue weighted by Gasteiger charge is -2.15. The Bertz CT molecular complexity index is 523. The second-order valence-electron chi connectivity index (χ2n) is 5.42. The normalized spacial score (nSPS) is 29.1. The number of ether oxygens (including phenoxy) is 2. The maximum absolute atomic E-state index is 12.3. The van der Waals surface area contributed by atoms with Crippen molar-refractivity contribution < 1.29 is 19.1 Å². The molecule has 0 N–H and O–H groups in total. The van der Waals surface area contributed by atoms with Gasteiger partial charge in [0.25, 0.3) is 0 Å². The van der Waals surface area contributed by atoms with Gasteiger partial charge in [0.1, 0.15) is 0 Å². The molecular weight excluding hydrogens is 268 g/mol. The van der Waals surface area contributed by atoms with Gasteiger partial charge in [-0.25, -0.2) is 0 Å². The molecule has 1 aromatic rings. The highest BCUT2D eigenvalue weighted by molar-refractivity contribution is 6.07. The summed E-state index contributed by atoms with van der Waals surface area (Å²) in [6.45, 7) is 7.87. The van der Waals surface area contributed by atoms with Gasteiger partial charge in [0.2, 0.25) is 0 Å². The molecule has 4 heteroatoms. The summed E-state index contributed by atoms with van der Waals surface area (Å²) in [5.74, 6) is -1.05. The van der Waals surface area contributed by atoms with Crippen molar-refractivity contribution in [3.05, 3.63) is 35.9 Å². The van der Waals surface area contributed by atoms with Gasteiger partial charge in [-0.15, -0.1) is 0 Å². The summed E-state index contributed by atoms with van der Waals surface area (Å²) < 4.78 is 10.3. The largest absolute Gasteiger partial charge is 0.464 e. The summed E-state index contributed by atoms with van der Waals surface area (Å²) in [5, 5.41) is 0. The zero-order chi connectivity index (χ0) is 15.6. The molecule has 3 unspecified atom stereocenters. The van der Waals surface area contributed by atoms with Gasteiger partial charge < -0.3 is 9.47 Å². The Morgan fingerprint density at radius 2 is 1.90 bits per heavy atom. The molecule has 0 bridgehead atoms. The van der Waals surface area contributed by atoms with Crippen LogP contribution < -0.4 is 0 Å². The topological polar surface area (TPSA) is 52.6 Å². The van der Waals surface area contributed by atoms with Crippen LogP contribution in [-0.4, -0.2) is 24.6 Å².